The fourth-order valence-corrected chi connectivity index (χ4v) is 1.85. The van der Waals surface area contributed by atoms with E-state index in [-0.39, 0.29) is 30.2 Å². The van der Waals surface area contributed by atoms with Crippen LogP contribution in [0.5, 0.6) is 0 Å². The lowest BCUT2D eigenvalue weighted by molar-refractivity contribution is -0.385. The summed E-state index contributed by atoms with van der Waals surface area (Å²) in [6.07, 6.45) is -0.414. The molecule has 0 heterocycles. The normalized spacial score (nSPS) is 11.9. The van der Waals surface area contributed by atoms with Crippen LogP contribution in [-0.4, -0.2) is 42.3 Å². The van der Waals surface area contributed by atoms with Crippen LogP contribution in [0.1, 0.15) is 16.8 Å². The Kier molecular flexibility index (Phi) is 6.37. The molecule has 0 bridgehead atoms. The number of amides is 1. The Morgan fingerprint density at radius 2 is 2.30 bits per heavy atom. The summed E-state index contributed by atoms with van der Waals surface area (Å²) in [5, 5.41) is 22.7. The number of methoxy groups -OCH3 is 1. The first-order valence-electron chi connectivity index (χ1n) is 5.85. The third-order valence-electron chi connectivity index (χ3n) is 2.54. The average Bonchev–Trinajstić information content (AvgIpc) is 2.38. The highest BCUT2D eigenvalue weighted by Crippen LogP contribution is 2.27. The summed E-state index contributed by atoms with van der Waals surface area (Å²) in [6.45, 7) is 0.334. The number of ether oxygens (including phenoxy) is 1. The van der Waals surface area contributed by atoms with Crippen molar-refractivity contribution in [2.75, 3.05) is 20.3 Å². The molecule has 0 fully saturated rings. The van der Waals surface area contributed by atoms with E-state index in [1.165, 1.54) is 25.3 Å². The SMILES string of the molecule is COCC(O)CCNC(=O)c1cccc(Cl)c1[N+](=O)[O-]. The molecule has 7 nitrogen and oxygen atoms in total. The van der Waals surface area contributed by atoms with Crippen molar-refractivity contribution >= 4 is 23.2 Å². The number of benzene rings is 1. The van der Waals surface area contributed by atoms with Gasteiger partial charge in [-0.3, -0.25) is 14.9 Å². The number of carbonyl (C=O) groups is 1. The van der Waals surface area contributed by atoms with Crippen LogP contribution < -0.4 is 5.32 Å². The third-order valence-corrected chi connectivity index (χ3v) is 2.84. The van der Waals surface area contributed by atoms with Crippen LogP contribution in [0.4, 0.5) is 5.69 Å². The number of nitro groups is 1. The summed E-state index contributed by atoms with van der Waals surface area (Å²) in [6, 6.07) is 4.13. The molecule has 20 heavy (non-hydrogen) atoms. The van der Waals surface area contributed by atoms with Crippen molar-refractivity contribution in [1.29, 1.82) is 0 Å². The van der Waals surface area contributed by atoms with Gasteiger partial charge in [0.2, 0.25) is 0 Å². The van der Waals surface area contributed by atoms with E-state index in [0.29, 0.717) is 0 Å². The number of nitrogens with zero attached hydrogens (tertiary/aromatic N) is 1. The first kappa shape index (κ1) is 16.4. The monoisotopic (exact) mass is 302 g/mol. The van der Waals surface area contributed by atoms with Gasteiger partial charge in [-0.1, -0.05) is 17.7 Å². The Balaban J connectivity index is 2.69. The molecule has 0 saturated heterocycles. The lowest BCUT2D eigenvalue weighted by Gasteiger charge is -2.10. The van der Waals surface area contributed by atoms with E-state index in [9.17, 15) is 20.0 Å². The first-order valence-corrected chi connectivity index (χ1v) is 6.23. The van der Waals surface area contributed by atoms with Gasteiger partial charge in [-0.15, -0.1) is 0 Å². The predicted octanol–water partition coefficient (Wildman–Crippen LogP) is 1.38. The Morgan fingerprint density at radius 1 is 1.60 bits per heavy atom. The number of carbonyl (C=O) groups excluding carboxylic acids is 1. The second kappa shape index (κ2) is 7.78. The van der Waals surface area contributed by atoms with Gasteiger partial charge in [-0.2, -0.15) is 0 Å². The third kappa shape index (κ3) is 4.44. The molecular formula is C12H15ClN2O5. The summed E-state index contributed by atoms with van der Waals surface area (Å²) in [7, 11) is 1.46. The molecule has 0 aliphatic heterocycles. The van der Waals surface area contributed by atoms with E-state index >= 15 is 0 Å². The average molecular weight is 303 g/mol. The lowest BCUT2D eigenvalue weighted by Crippen LogP contribution is -2.29. The molecule has 1 aromatic rings. The summed E-state index contributed by atoms with van der Waals surface area (Å²) in [5.74, 6) is -0.608. The molecular weight excluding hydrogens is 288 g/mol. The van der Waals surface area contributed by atoms with Crippen LogP contribution in [0.2, 0.25) is 5.02 Å². The van der Waals surface area contributed by atoms with Crippen LogP contribution in [0.3, 0.4) is 0 Å². The summed E-state index contributed by atoms with van der Waals surface area (Å²) >= 11 is 5.72. The van der Waals surface area contributed by atoms with Gasteiger partial charge in [0.05, 0.1) is 17.6 Å². The molecule has 1 aromatic carbocycles. The quantitative estimate of drug-likeness (QED) is 0.585. The zero-order valence-electron chi connectivity index (χ0n) is 10.8. The molecule has 1 rings (SSSR count). The molecule has 0 aliphatic rings. The van der Waals surface area contributed by atoms with Gasteiger partial charge in [0.25, 0.3) is 5.91 Å². The maximum atomic E-state index is 11.9. The molecule has 2 N–H and O–H groups in total. The van der Waals surface area contributed by atoms with Crippen molar-refractivity contribution in [2.45, 2.75) is 12.5 Å². The van der Waals surface area contributed by atoms with Crippen molar-refractivity contribution in [1.82, 2.24) is 5.32 Å². The molecule has 0 radical (unpaired) electrons. The van der Waals surface area contributed by atoms with Crippen molar-refractivity contribution in [3.63, 3.8) is 0 Å². The molecule has 8 heteroatoms. The van der Waals surface area contributed by atoms with Gasteiger partial charge in [-0.25, -0.2) is 0 Å². The Labute approximate surface area is 120 Å². The molecule has 0 aromatic heterocycles. The fourth-order valence-electron chi connectivity index (χ4n) is 1.61. The second-order valence-corrected chi connectivity index (χ2v) is 4.45. The van der Waals surface area contributed by atoms with Gasteiger partial charge in [0.1, 0.15) is 10.6 Å². The Bertz CT molecular complexity index is 495. The van der Waals surface area contributed by atoms with E-state index in [0.717, 1.165) is 0 Å². The van der Waals surface area contributed by atoms with Crippen LogP contribution >= 0.6 is 11.6 Å². The van der Waals surface area contributed by atoms with Crippen molar-refractivity contribution in [3.05, 3.63) is 38.9 Å². The summed E-state index contributed by atoms with van der Waals surface area (Å²) in [4.78, 5) is 22.1. The van der Waals surface area contributed by atoms with Gasteiger partial charge in [0.15, 0.2) is 0 Å². The smallest absolute Gasteiger partial charge is 0.300 e. The Hall–Kier alpha value is -1.70. The number of nitrogens with one attached hydrogen (secondary N) is 1. The molecule has 0 aliphatic carbocycles. The fraction of sp³-hybridized carbons (Fsp3) is 0.417. The zero-order chi connectivity index (χ0) is 15.1. The van der Waals surface area contributed by atoms with Crippen LogP contribution in [0.15, 0.2) is 18.2 Å². The second-order valence-electron chi connectivity index (χ2n) is 4.05. The van der Waals surface area contributed by atoms with Crippen LogP contribution in [0.25, 0.3) is 0 Å². The molecule has 1 atom stereocenters. The van der Waals surface area contributed by atoms with Gasteiger partial charge < -0.3 is 15.2 Å². The number of hydrogen-bond donors (Lipinski definition) is 2. The first-order chi connectivity index (χ1) is 9.47. The van der Waals surface area contributed by atoms with Crippen molar-refractivity contribution in [3.8, 4) is 0 Å². The van der Waals surface area contributed by atoms with E-state index in [1.54, 1.807) is 0 Å². The number of aliphatic hydroxyl groups excluding tert-OH is 1. The molecule has 1 amide bonds. The van der Waals surface area contributed by atoms with E-state index in [1.807, 2.05) is 0 Å². The predicted molar refractivity (Wildman–Crippen MR) is 72.9 cm³/mol. The largest absolute Gasteiger partial charge is 0.391 e. The number of halogens is 1. The van der Waals surface area contributed by atoms with E-state index in [4.69, 9.17) is 16.3 Å². The minimum atomic E-state index is -0.699. The topological polar surface area (TPSA) is 102 Å². The maximum absolute atomic E-state index is 11.9. The number of rotatable bonds is 7. The van der Waals surface area contributed by atoms with Crippen LogP contribution in [0, 0.1) is 10.1 Å². The maximum Gasteiger partial charge on any atom is 0.300 e. The highest BCUT2D eigenvalue weighted by atomic mass is 35.5. The highest BCUT2D eigenvalue weighted by Gasteiger charge is 2.23. The standard InChI is InChI=1S/C12H15ClN2O5/c1-20-7-8(16)5-6-14-12(17)9-3-2-4-10(13)11(9)15(18)19/h2-4,8,16H,5-7H2,1H3,(H,14,17). The number of aliphatic hydroxyl groups is 1. The highest BCUT2D eigenvalue weighted by molar-refractivity contribution is 6.33. The number of para-hydroxylation sites is 1. The molecule has 0 saturated carbocycles. The lowest BCUT2D eigenvalue weighted by atomic mass is 10.1. The number of hydrogen-bond acceptors (Lipinski definition) is 5. The van der Waals surface area contributed by atoms with Gasteiger partial charge in [-0.05, 0) is 18.6 Å². The summed E-state index contributed by atoms with van der Waals surface area (Å²) in [5.41, 5.74) is -0.534. The number of nitro benzene ring substituents is 1. The van der Waals surface area contributed by atoms with Crippen molar-refractivity contribution < 1.29 is 19.6 Å². The molecule has 1 unspecified atom stereocenters. The van der Waals surface area contributed by atoms with Crippen LogP contribution in [-0.2, 0) is 4.74 Å². The van der Waals surface area contributed by atoms with Crippen molar-refractivity contribution in [2.24, 2.45) is 0 Å². The Morgan fingerprint density at radius 3 is 2.90 bits per heavy atom. The van der Waals surface area contributed by atoms with Gasteiger partial charge >= 0.3 is 5.69 Å². The van der Waals surface area contributed by atoms with Gasteiger partial charge in [0, 0.05) is 13.7 Å². The summed E-state index contributed by atoms with van der Waals surface area (Å²) < 4.78 is 4.74. The molecule has 0 spiro atoms. The zero-order valence-corrected chi connectivity index (χ0v) is 11.6. The molecule has 110 valence electrons. The van der Waals surface area contributed by atoms with E-state index < -0.39 is 22.6 Å². The minimum Gasteiger partial charge on any atom is -0.391 e. The minimum absolute atomic E-state index is 0.0953. The van der Waals surface area contributed by atoms with E-state index in [2.05, 4.69) is 5.32 Å².